The summed E-state index contributed by atoms with van der Waals surface area (Å²) in [5.41, 5.74) is 2.45. The average Bonchev–Trinajstić information content (AvgIpc) is 2.20. The van der Waals surface area contributed by atoms with Crippen molar-refractivity contribution in [3.63, 3.8) is 0 Å². The van der Waals surface area contributed by atoms with E-state index in [0.29, 0.717) is 13.2 Å². The van der Waals surface area contributed by atoms with E-state index in [0.717, 1.165) is 5.75 Å². The molecule has 2 N–H and O–H groups in total. The van der Waals surface area contributed by atoms with Crippen molar-refractivity contribution in [3.8, 4) is 5.75 Å². The van der Waals surface area contributed by atoms with Crippen molar-refractivity contribution in [2.24, 2.45) is 0 Å². The first-order valence-corrected chi connectivity index (χ1v) is 5.16. The Morgan fingerprint density at radius 1 is 1.33 bits per heavy atom. The maximum Gasteiger partial charge on any atom is 0.119 e. The molecule has 0 bridgehead atoms. The number of likely N-dealkylation sites (N-methyl/N-ethyl adjacent to an activating group) is 1. The summed E-state index contributed by atoms with van der Waals surface area (Å²) in [4.78, 5) is 0. The van der Waals surface area contributed by atoms with Gasteiger partial charge < -0.3 is 15.2 Å². The molecule has 15 heavy (non-hydrogen) atoms. The fourth-order valence-electron chi connectivity index (χ4n) is 1.29. The molecular formula is C12H19NO2. The van der Waals surface area contributed by atoms with Crippen LogP contribution >= 0.6 is 0 Å². The van der Waals surface area contributed by atoms with Gasteiger partial charge in [0.2, 0.25) is 0 Å². The van der Waals surface area contributed by atoms with Gasteiger partial charge in [-0.3, -0.25) is 0 Å². The molecule has 1 aromatic carbocycles. The molecule has 1 atom stereocenters. The number of aliphatic hydroxyl groups is 1. The van der Waals surface area contributed by atoms with E-state index in [4.69, 9.17) is 4.74 Å². The van der Waals surface area contributed by atoms with Gasteiger partial charge in [0, 0.05) is 6.54 Å². The van der Waals surface area contributed by atoms with Crippen LogP contribution in [0.2, 0.25) is 0 Å². The maximum atomic E-state index is 9.45. The molecule has 3 nitrogen and oxygen atoms in total. The van der Waals surface area contributed by atoms with Gasteiger partial charge in [-0.1, -0.05) is 6.07 Å². The van der Waals surface area contributed by atoms with Gasteiger partial charge in [0.1, 0.15) is 18.5 Å². The number of hydrogen-bond acceptors (Lipinski definition) is 3. The molecule has 0 aliphatic rings. The van der Waals surface area contributed by atoms with Crippen molar-refractivity contribution in [3.05, 3.63) is 29.3 Å². The fourth-order valence-corrected chi connectivity index (χ4v) is 1.29. The van der Waals surface area contributed by atoms with Crippen LogP contribution in [0.15, 0.2) is 18.2 Å². The first kappa shape index (κ1) is 12.0. The van der Waals surface area contributed by atoms with Crippen LogP contribution in [0.25, 0.3) is 0 Å². The Labute approximate surface area is 91.1 Å². The van der Waals surface area contributed by atoms with E-state index in [1.165, 1.54) is 11.1 Å². The Kier molecular flexibility index (Phi) is 4.59. The van der Waals surface area contributed by atoms with Crippen molar-refractivity contribution in [1.82, 2.24) is 5.32 Å². The standard InChI is InChI=1S/C12H19NO2/c1-9-4-5-12(6-10(9)2)15-8-11(14)7-13-3/h4-6,11,13-14H,7-8H2,1-3H3. The second-order valence-corrected chi connectivity index (χ2v) is 3.77. The Morgan fingerprint density at radius 2 is 2.07 bits per heavy atom. The molecule has 0 fully saturated rings. The minimum absolute atomic E-state index is 0.323. The normalized spacial score (nSPS) is 12.5. The molecule has 1 rings (SSSR count). The van der Waals surface area contributed by atoms with E-state index < -0.39 is 6.10 Å². The first-order valence-electron chi connectivity index (χ1n) is 5.16. The zero-order valence-electron chi connectivity index (χ0n) is 9.58. The van der Waals surface area contributed by atoms with Crippen LogP contribution in [0.4, 0.5) is 0 Å². The van der Waals surface area contributed by atoms with Gasteiger partial charge in [-0.2, -0.15) is 0 Å². The quantitative estimate of drug-likeness (QED) is 0.767. The number of ether oxygens (including phenoxy) is 1. The molecule has 0 saturated heterocycles. The monoisotopic (exact) mass is 209 g/mol. The molecule has 0 heterocycles. The summed E-state index contributed by atoms with van der Waals surface area (Å²) in [5, 5.41) is 12.3. The number of aliphatic hydroxyl groups excluding tert-OH is 1. The number of hydrogen-bond donors (Lipinski definition) is 2. The summed E-state index contributed by atoms with van der Waals surface area (Å²) in [6, 6.07) is 5.94. The highest BCUT2D eigenvalue weighted by molar-refractivity contribution is 5.33. The second kappa shape index (κ2) is 5.73. The Hall–Kier alpha value is -1.06. The second-order valence-electron chi connectivity index (χ2n) is 3.77. The van der Waals surface area contributed by atoms with Gasteiger partial charge in [0.25, 0.3) is 0 Å². The summed E-state index contributed by atoms with van der Waals surface area (Å²) >= 11 is 0. The van der Waals surface area contributed by atoms with Gasteiger partial charge in [0.15, 0.2) is 0 Å². The molecule has 3 heteroatoms. The molecule has 0 saturated carbocycles. The molecule has 0 amide bonds. The van der Waals surface area contributed by atoms with Crippen LogP contribution in [-0.2, 0) is 0 Å². The van der Waals surface area contributed by atoms with E-state index >= 15 is 0 Å². The maximum absolute atomic E-state index is 9.45. The number of aryl methyl sites for hydroxylation is 2. The van der Waals surface area contributed by atoms with Crippen LogP contribution in [0.1, 0.15) is 11.1 Å². The lowest BCUT2D eigenvalue weighted by Crippen LogP contribution is -2.29. The largest absolute Gasteiger partial charge is 0.491 e. The van der Waals surface area contributed by atoms with Gasteiger partial charge in [-0.25, -0.2) is 0 Å². The van der Waals surface area contributed by atoms with Crippen LogP contribution in [-0.4, -0.2) is 31.4 Å². The third-order valence-electron chi connectivity index (χ3n) is 2.36. The summed E-state index contributed by atoms with van der Waals surface area (Å²) in [6.07, 6.45) is -0.461. The van der Waals surface area contributed by atoms with Crippen LogP contribution in [0.3, 0.4) is 0 Å². The van der Waals surface area contributed by atoms with Crippen LogP contribution in [0.5, 0.6) is 5.75 Å². The summed E-state index contributed by atoms with van der Waals surface area (Å²) in [7, 11) is 1.80. The van der Waals surface area contributed by atoms with Gasteiger partial charge in [0.05, 0.1) is 0 Å². The molecule has 84 valence electrons. The van der Waals surface area contributed by atoms with Gasteiger partial charge >= 0.3 is 0 Å². The molecular weight excluding hydrogens is 190 g/mol. The SMILES string of the molecule is CNCC(O)COc1ccc(C)c(C)c1. The van der Waals surface area contributed by atoms with Crippen LogP contribution < -0.4 is 10.1 Å². The average molecular weight is 209 g/mol. The van der Waals surface area contributed by atoms with Gasteiger partial charge in [-0.05, 0) is 44.2 Å². The van der Waals surface area contributed by atoms with Gasteiger partial charge in [-0.15, -0.1) is 0 Å². The first-order chi connectivity index (χ1) is 7.13. The van der Waals surface area contributed by atoms with E-state index in [1.54, 1.807) is 7.05 Å². The Bertz CT molecular complexity index is 312. The summed E-state index contributed by atoms with van der Waals surface area (Å²) in [6.45, 7) is 4.98. The zero-order chi connectivity index (χ0) is 11.3. The fraction of sp³-hybridized carbons (Fsp3) is 0.500. The van der Waals surface area contributed by atoms with Crippen molar-refractivity contribution in [2.75, 3.05) is 20.2 Å². The van der Waals surface area contributed by atoms with E-state index in [9.17, 15) is 5.11 Å². The predicted octanol–water partition coefficient (Wildman–Crippen LogP) is 1.26. The number of benzene rings is 1. The van der Waals surface area contributed by atoms with E-state index in [2.05, 4.69) is 12.2 Å². The molecule has 0 aliphatic heterocycles. The number of rotatable bonds is 5. The molecule has 0 aromatic heterocycles. The minimum atomic E-state index is -0.461. The predicted molar refractivity (Wildman–Crippen MR) is 61.3 cm³/mol. The van der Waals surface area contributed by atoms with Crippen molar-refractivity contribution in [1.29, 1.82) is 0 Å². The lowest BCUT2D eigenvalue weighted by Gasteiger charge is -2.12. The zero-order valence-corrected chi connectivity index (χ0v) is 9.58. The highest BCUT2D eigenvalue weighted by Crippen LogP contribution is 2.16. The Balaban J connectivity index is 2.47. The Morgan fingerprint density at radius 3 is 2.67 bits per heavy atom. The van der Waals surface area contributed by atoms with Crippen molar-refractivity contribution < 1.29 is 9.84 Å². The van der Waals surface area contributed by atoms with Crippen molar-refractivity contribution >= 4 is 0 Å². The third kappa shape index (κ3) is 3.90. The lowest BCUT2D eigenvalue weighted by atomic mass is 10.1. The summed E-state index contributed by atoms with van der Waals surface area (Å²) < 4.78 is 5.47. The van der Waals surface area contributed by atoms with Crippen molar-refractivity contribution in [2.45, 2.75) is 20.0 Å². The highest BCUT2D eigenvalue weighted by Gasteiger charge is 2.03. The molecule has 1 unspecified atom stereocenters. The topological polar surface area (TPSA) is 41.5 Å². The molecule has 1 aromatic rings. The third-order valence-corrected chi connectivity index (χ3v) is 2.36. The smallest absolute Gasteiger partial charge is 0.119 e. The van der Waals surface area contributed by atoms with E-state index in [1.807, 2.05) is 25.1 Å². The summed E-state index contributed by atoms with van der Waals surface area (Å²) in [5.74, 6) is 0.813. The van der Waals surface area contributed by atoms with E-state index in [-0.39, 0.29) is 0 Å². The molecule has 0 radical (unpaired) electrons. The highest BCUT2D eigenvalue weighted by atomic mass is 16.5. The lowest BCUT2D eigenvalue weighted by molar-refractivity contribution is 0.108. The van der Waals surface area contributed by atoms with Crippen LogP contribution in [0, 0.1) is 13.8 Å². The number of nitrogens with one attached hydrogen (secondary N) is 1. The molecule has 0 spiro atoms. The minimum Gasteiger partial charge on any atom is -0.491 e. The molecule has 0 aliphatic carbocycles.